The third-order valence-electron chi connectivity index (χ3n) is 6.95. The number of carbonyl (C=O) groups is 5. The topological polar surface area (TPSA) is 203 Å². The lowest BCUT2D eigenvalue weighted by atomic mass is 10.0. The zero-order valence-corrected chi connectivity index (χ0v) is 26.1. The van der Waals surface area contributed by atoms with Crippen LogP contribution in [0.2, 0.25) is 5.02 Å². The molecule has 0 bridgehead atoms. The summed E-state index contributed by atoms with van der Waals surface area (Å²) in [5, 5.41) is 17.9. The molecule has 8 N–H and O–H groups in total. The number of unbranched alkanes of at least 4 members (excludes halogenated alkanes) is 4. The highest BCUT2D eigenvalue weighted by atomic mass is 35.5. The minimum absolute atomic E-state index is 0.00447. The van der Waals surface area contributed by atoms with Gasteiger partial charge in [0.25, 0.3) is 0 Å². The van der Waals surface area contributed by atoms with Crippen LogP contribution in [-0.4, -0.2) is 72.6 Å². The quantitative estimate of drug-likeness (QED) is 0.0869. The van der Waals surface area contributed by atoms with Gasteiger partial charge in [-0.15, -0.1) is 0 Å². The zero-order chi connectivity index (χ0) is 33.0. The first-order valence-electron chi connectivity index (χ1n) is 15.1. The van der Waals surface area contributed by atoms with E-state index in [1.54, 1.807) is 54.6 Å². The molecule has 0 aromatic heterocycles. The van der Waals surface area contributed by atoms with Crippen molar-refractivity contribution in [2.45, 2.75) is 75.9 Å². The van der Waals surface area contributed by atoms with Crippen molar-refractivity contribution in [3.05, 3.63) is 70.7 Å². The maximum Gasteiger partial charge on any atom is 0.338 e. The predicted octanol–water partition coefficient (Wildman–Crippen LogP) is 2.32. The molecular formula is C32H44ClN5O7. The molecule has 0 aliphatic heterocycles. The van der Waals surface area contributed by atoms with Gasteiger partial charge in [-0.05, 0) is 75.0 Å². The SMILES string of the molecule is NCCCCCCC(=O)N[C@@H](COC(=O)c1ccccc1)C(=O)N[C@H](Cc1ccc(Cl)cc1)C(=O)N[C@@H](CCCCN)C(=O)O. The second kappa shape index (κ2) is 20.9. The zero-order valence-electron chi connectivity index (χ0n) is 25.3. The van der Waals surface area contributed by atoms with E-state index in [0.717, 1.165) is 19.3 Å². The minimum Gasteiger partial charge on any atom is -0.480 e. The van der Waals surface area contributed by atoms with E-state index in [4.69, 9.17) is 27.8 Å². The monoisotopic (exact) mass is 645 g/mol. The molecule has 246 valence electrons. The summed E-state index contributed by atoms with van der Waals surface area (Å²) in [6, 6.07) is 11.0. The molecule has 2 aromatic carbocycles. The Morgan fingerprint density at radius 1 is 0.733 bits per heavy atom. The normalized spacial score (nSPS) is 12.8. The first kappa shape index (κ1) is 37.2. The van der Waals surface area contributed by atoms with Gasteiger partial charge in [0, 0.05) is 17.9 Å². The van der Waals surface area contributed by atoms with E-state index in [-0.39, 0.29) is 24.8 Å². The largest absolute Gasteiger partial charge is 0.480 e. The van der Waals surface area contributed by atoms with E-state index in [2.05, 4.69) is 16.0 Å². The average molecular weight is 646 g/mol. The van der Waals surface area contributed by atoms with Gasteiger partial charge in [0.2, 0.25) is 17.7 Å². The van der Waals surface area contributed by atoms with Crippen molar-refractivity contribution >= 4 is 41.3 Å². The smallest absolute Gasteiger partial charge is 0.338 e. The molecule has 13 heteroatoms. The highest BCUT2D eigenvalue weighted by Crippen LogP contribution is 2.12. The molecule has 0 unspecified atom stereocenters. The van der Waals surface area contributed by atoms with Crippen LogP contribution in [0, 0.1) is 0 Å². The van der Waals surface area contributed by atoms with Crippen LogP contribution in [0.3, 0.4) is 0 Å². The molecule has 3 atom stereocenters. The number of esters is 1. The molecule has 0 heterocycles. The van der Waals surface area contributed by atoms with E-state index < -0.39 is 54.4 Å². The van der Waals surface area contributed by atoms with Crippen LogP contribution in [-0.2, 0) is 30.3 Å². The van der Waals surface area contributed by atoms with Gasteiger partial charge in [0.05, 0.1) is 5.56 Å². The van der Waals surface area contributed by atoms with Crippen molar-refractivity contribution < 1.29 is 33.8 Å². The summed E-state index contributed by atoms with van der Waals surface area (Å²) in [5.74, 6) is -3.85. The lowest BCUT2D eigenvalue weighted by molar-refractivity contribution is -0.142. The Labute approximate surface area is 268 Å². The number of rotatable bonds is 21. The Hall–Kier alpha value is -4.00. The van der Waals surface area contributed by atoms with Crippen LogP contribution in [0.5, 0.6) is 0 Å². The number of aliphatic carboxylic acids is 1. The third kappa shape index (κ3) is 14.6. The maximum atomic E-state index is 13.6. The fourth-order valence-corrected chi connectivity index (χ4v) is 4.54. The molecule has 3 amide bonds. The molecule has 0 aliphatic rings. The van der Waals surface area contributed by atoms with Crippen LogP contribution in [0.4, 0.5) is 0 Å². The fraction of sp³-hybridized carbons (Fsp3) is 0.469. The van der Waals surface area contributed by atoms with Crippen LogP contribution in [0.25, 0.3) is 0 Å². The number of amides is 3. The molecule has 12 nitrogen and oxygen atoms in total. The van der Waals surface area contributed by atoms with Crippen LogP contribution in [0.15, 0.2) is 54.6 Å². The summed E-state index contributed by atoms with van der Waals surface area (Å²) >= 11 is 6.00. The van der Waals surface area contributed by atoms with Crippen molar-refractivity contribution in [3.63, 3.8) is 0 Å². The number of carboxylic acids is 1. The lowest BCUT2D eigenvalue weighted by Crippen LogP contribution is -2.57. The number of nitrogens with one attached hydrogen (secondary N) is 3. The molecule has 0 saturated heterocycles. The number of hydrogen-bond donors (Lipinski definition) is 6. The Balaban J connectivity index is 2.23. The molecule has 0 saturated carbocycles. The molecule has 0 aliphatic carbocycles. The molecule has 45 heavy (non-hydrogen) atoms. The minimum atomic E-state index is -1.32. The molecule has 0 spiro atoms. The summed E-state index contributed by atoms with van der Waals surface area (Å²) in [4.78, 5) is 64.2. The fourth-order valence-electron chi connectivity index (χ4n) is 4.41. The molecule has 2 rings (SSSR count). The molecule has 0 radical (unpaired) electrons. The Morgan fingerprint density at radius 2 is 1.33 bits per heavy atom. The van der Waals surface area contributed by atoms with Gasteiger partial charge in [-0.25, -0.2) is 9.59 Å². The second-order valence-corrected chi connectivity index (χ2v) is 11.0. The summed E-state index contributed by atoms with van der Waals surface area (Å²) in [6.07, 6.45) is 4.42. The van der Waals surface area contributed by atoms with Gasteiger partial charge < -0.3 is 37.3 Å². The van der Waals surface area contributed by atoms with E-state index in [9.17, 15) is 29.1 Å². The van der Waals surface area contributed by atoms with E-state index in [0.29, 0.717) is 42.9 Å². The number of ether oxygens (including phenoxy) is 1. The first-order chi connectivity index (χ1) is 21.6. The van der Waals surface area contributed by atoms with Crippen LogP contribution < -0.4 is 27.4 Å². The number of carbonyl (C=O) groups excluding carboxylic acids is 4. The predicted molar refractivity (Wildman–Crippen MR) is 170 cm³/mol. The number of halogens is 1. The van der Waals surface area contributed by atoms with Crippen molar-refractivity contribution in [1.82, 2.24) is 16.0 Å². The third-order valence-corrected chi connectivity index (χ3v) is 7.20. The van der Waals surface area contributed by atoms with Crippen molar-refractivity contribution in [3.8, 4) is 0 Å². The number of hydrogen-bond acceptors (Lipinski definition) is 8. The molecule has 2 aromatic rings. The van der Waals surface area contributed by atoms with Gasteiger partial charge in [-0.2, -0.15) is 0 Å². The van der Waals surface area contributed by atoms with E-state index >= 15 is 0 Å². The van der Waals surface area contributed by atoms with Gasteiger partial charge in [0.1, 0.15) is 24.7 Å². The summed E-state index contributed by atoms with van der Waals surface area (Å²) in [6.45, 7) is 0.447. The Morgan fingerprint density at radius 3 is 1.98 bits per heavy atom. The second-order valence-electron chi connectivity index (χ2n) is 10.6. The number of nitrogens with two attached hydrogens (primary N) is 2. The first-order valence-corrected chi connectivity index (χ1v) is 15.5. The molecule has 0 fully saturated rings. The van der Waals surface area contributed by atoms with Crippen molar-refractivity contribution in [2.24, 2.45) is 11.5 Å². The average Bonchev–Trinajstić information content (AvgIpc) is 3.03. The highest BCUT2D eigenvalue weighted by Gasteiger charge is 2.30. The van der Waals surface area contributed by atoms with Crippen molar-refractivity contribution in [2.75, 3.05) is 19.7 Å². The van der Waals surface area contributed by atoms with Gasteiger partial charge in [-0.1, -0.05) is 54.8 Å². The van der Waals surface area contributed by atoms with Gasteiger partial charge in [0.15, 0.2) is 0 Å². The standard InChI is InChI=1S/C32H44ClN5O7/c33-24-16-14-22(15-17-24)20-26(29(40)37-25(31(42)43)12-7-9-19-35)38-30(41)27(36-28(39)13-6-1-2-8-18-34)21-45-32(44)23-10-4-3-5-11-23/h3-5,10-11,14-17,25-27H,1-2,6-9,12-13,18-21,34-35H2,(H,36,39)(H,37,40)(H,38,41)(H,42,43)/t25-,26+,27-/m0/s1. The van der Waals surface area contributed by atoms with Crippen LogP contribution >= 0.6 is 11.6 Å². The van der Waals surface area contributed by atoms with Crippen LogP contribution in [0.1, 0.15) is 67.3 Å². The van der Waals surface area contributed by atoms with E-state index in [1.165, 1.54) is 0 Å². The Bertz CT molecular complexity index is 1230. The summed E-state index contributed by atoms with van der Waals surface area (Å²) < 4.78 is 5.36. The summed E-state index contributed by atoms with van der Waals surface area (Å²) in [5.41, 5.74) is 11.9. The summed E-state index contributed by atoms with van der Waals surface area (Å²) in [7, 11) is 0. The molecular weight excluding hydrogens is 602 g/mol. The Kier molecular flexibility index (Phi) is 17.2. The van der Waals surface area contributed by atoms with Gasteiger partial charge >= 0.3 is 11.9 Å². The lowest BCUT2D eigenvalue weighted by Gasteiger charge is -2.25. The maximum absolute atomic E-state index is 13.6. The number of carboxylic acid groups (broad SMARTS) is 1. The van der Waals surface area contributed by atoms with E-state index in [1.807, 2.05) is 0 Å². The van der Waals surface area contributed by atoms with Crippen molar-refractivity contribution in [1.29, 1.82) is 0 Å². The van der Waals surface area contributed by atoms with Gasteiger partial charge in [-0.3, -0.25) is 14.4 Å². The number of benzene rings is 2. The highest BCUT2D eigenvalue weighted by molar-refractivity contribution is 6.30.